The molecule has 0 aliphatic heterocycles. The minimum Gasteiger partial charge on any atom is -0.481 e. The number of hydrogen-bond acceptors (Lipinski definition) is 3. The van der Waals surface area contributed by atoms with Crippen molar-refractivity contribution < 1.29 is 9.53 Å². The number of carbonyl (C=O) groups excluding carboxylic acids is 1. The molecular weight excluding hydrogens is 338 g/mol. The van der Waals surface area contributed by atoms with Crippen LogP contribution < -0.4 is 10.1 Å². The summed E-state index contributed by atoms with van der Waals surface area (Å²) in [5.74, 6) is 0.624. The first-order chi connectivity index (χ1) is 13.1. The number of benzene rings is 2. The minimum atomic E-state index is -0.502. The highest BCUT2D eigenvalue weighted by Crippen LogP contribution is 2.18. The van der Waals surface area contributed by atoms with Crippen LogP contribution in [0.25, 0.3) is 5.69 Å². The third-order valence-electron chi connectivity index (χ3n) is 4.63. The molecule has 27 heavy (non-hydrogen) atoms. The number of ether oxygens (including phenoxy) is 1. The molecule has 1 atom stereocenters. The molecule has 1 heterocycles. The summed E-state index contributed by atoms with van der Waals surface area (Å²) in [4.78, 5) is 16.6. The Morgan fingerprint density at radius 3 is 2.56 bits per heavy atom. The summed E-state index contributed by atoms with van der Waals surface area (Å²) < 4.78 is 7.83. The Labute approximate surface area is 160 Å². The first kappa shape index (κ1) is 18.7. The SMILES string of the molecule is CC[C@H](Oc1ccc(C)c(C)c1)C(=O)NCc1ccc(-n2ccnc2)cc1. The van der Waals surface area contributed by atoms with Crippen molar-refractivity contribution in [2.45, 2.75) is 39.8 Å². The molecule has 0 radical (unpaired) electrons. The van der Waals surface area contributed by atoms with Crippen LogP contribution in [0.5, 0.6) is 5.75 Å². The van der Waals surface area contributed by atoms with Gasteiger partial charge in [-0.3, -0.25) is 4.79 Å². The van der Waals surface area contributed by atoms with E-state index in [1.165, 1.54) is 5.56 Å². The standard InChI is InChI=1S/C22H25N3O2/c1-4-21(27-20-10-5-16(2)17(3)13-20)22(26)24-14-18-6-8-19(9-7-18)25-12-11-23-15-25/h5-13,15,21H,4,14H2,1-3H3,(H,24,26)/t21-/m0/s1. The fraction of sp³-hybridized carbons (Fsp3) is 0.273. The fourth-order valence-corrected chi connectivity index (χ4v) is 2.77. The molecule has 5 heteroatoms. The fourth-order valence-electron chi connectivity index (χ4n) is 2.77. The largest absolute Gasteiger partial charge is 0.481 e. The zero-order valence-corrected chi connectivity index (χ0v) is 16.0. The summed E-state index contributed by atoms with van der Waals surface area (Å²) >= 11 is 0. The lowest BCUT2D eigenvalue weighted by Gasteiger charge is -2.18. The van der Waals surface area contributed by atoms with Gasteiger partial charge in [0, 0.05) is 24.6 Å². The molecule has 2 aromatic carbocycles. The van der Waals surface area contributed by atoms with Crippen LogP contribution in [-0.4, -0.2) is 21.6 Å². The summed E-state index contributed by atoms with van der Waals surface area (Å²) in [5.41, 5.74) is 4.43. The van der Waals surface area contributed by atoms with Crippen LogP contribution in [0.2, 0.25) is 0 Å². The lowest BCUT2D eigenvalue weighted by molar-refractivity contribution is -0.128. The van der Waals surface area contributed by atoms with E-state index in [9.17, 15) is 4.79 Å². The third kappa shape index (κ3) is 4.76. The maximum Gasteiger partial charge on any atom is 0.261 e. The highest BCUT2D eigenvalue weighted by atomic mass is 16.5. The van der Waals surface area contributed by atoms with Crippen molar-refractivity contribution in [1.29, 1.82) is 0 Å². The van der Waals surface area contributed by atoms with Crippen LogP contribution in [0.4, 0.5) is 0 Å². The van der Waals surface area contributed by atoms with Crippen LogP contribution in [-0.2, 0) is 11.3 Å². The molecule has 0 fully saturated rings. The van der Waals surface area contributed by atoms with E-state index < -0.39 is 6.10 Å². The number of imidazole rings is 1. The van der Waals surface area contributed by atoms with Gasteiger partial charge >= 0.3 is 0 Å². The number of hydrogen-bond donors (Lipinski definition) is 1. The van der Waals surface area contributed by atoms with Gasteiger partial charge in [0.05, 0.1) is 6.33 Å². The molecule has 0 spiro atoms. The number of rotatable bonds is 7. The molecule has 1 aromatic heterocycles. The van der Waals surface area contributed by atoms with Crippen molar-refractivity contribution in [2.24, 2.45) is 0 Å². The summed E-state index contributed by atoms with van der Waals surface area (Å²) in [5, 5.41) is 2.97. The van der Waals surface area contributed by atoms with Crippen LogP contribution in [0.15, 0.2) is 61.2 Å². The second kappa shape index (κ2) is 8.54. The Morgan fingerprint density at radius 1 is 1.15 bits per heavy atom. The topological polar surface area (TPSA) is 56.1 Å². The van der Waals surface area contributed by atoms with E-state index in [0.717, 1.165) is 22.6 Å². The van der Waals surface area contributed by atoms with Crippen molar-refractivity contribution in [3.63, 3.8) is 0 Å². The number of amides is 1. The van der Waals surface area contributed by atoms with Gasteiger partial charge in [-0.05, 0) is 61.2 Å². The predicted octanol–water partition coefficient (Wildman–Crippen LogP) is 3.96. The van der Waals surface area contributed by atoms with Gasteiger partial charge in [-0.1, -0.05) is 25.1 Å². The lowest BCUT2D eigenvalue weighted by atomic mass is 10.1. The van der Waals surface area contributed by atoms with E-state index in [1.807, 2.05) is 67.1 Å². The molecule has 5 nitrogen and oxygen atoms in total. The van der Waals surface area contributed by atoms with Gasteiger partial charge in [0.25, 0.3) is 5.91 Å². The summed E-state index contributed by atoms with van der Waals surface area (Å²) in [6, 6.07) is 13.9. The van der Waals surface area contributed by atoms with Crippen molar-refractivity contribution in [1.82, 2.24) is 14.9 Å². The smallest absolute Gasteiger partial charge is 0.261 e. The second-order valence-corrected chi connectivity index (χ2v) is 6.62. The first-order valence-corrected chi connectivity index (χ1v) is 9.15. The molecule has 1 amide bonds. The monoisotopic (exact) mass is 363 g/mol. The molecule has 0 aliphatic rings. The summed E-state index contributed by atoms with van der Waals surface area (Å²) in [6.07, 6.45) is 5.50. The van der Waals surface area contributed by atoms with Crippen LogP contribution in [0.3, 0.4) is 0 Å². The first-order valence-electron chi connectivity index (χ1n) is 9.15. The average molecular weight is 363 g/mol. The van der Waals surface area contributed by atoms with Gasteiger partial charge in [0.2, 0.25) is 0 Å². The molecule has 1 N–H and O–H groups in total. The van der Waals surface area contributed by atoms with E-state index in [4.69, 9.17) is 4.74 Å². The maximum atomic E-state index is 12.5. The number of nitrogens with zero attached hydrogens (tertiary/aromatic N) is 2. The van der Waals surface area contributed by atoms with Crippen molar-refractivity contribution in [3.05, 3.63) is 77.9 Å². The highest BCUT2D eigenvalue weighted by molar-refractivity contribution is 5.81. The Hall–Kier alpha value is -3.08. The molecule has 0 saturated heterocycles. The molecule has 3 rings (SSSR count). The number of nitrogens with one attached hydrogen (secondary N) is 1. The Bertz CT molecular complexity index is 886. The molecular formula is C22H25N3O2. The average Bonchev–Trinajstić information content (AvgIpc) is 3.22. The molecule has 140 valence electrons. The second-order valence-electron chi connectivity index (χ2n) is 6.62. The van der Waals surface area contributed by atoms with Crippen molar-refractivity contribution in [3.8, 4) is 11.4 Å². The third-order valence-corrected chi connectivity index (χ3v) is 4.63. The van der Waals surface area contributed by atoms with Crippen molar-refractivity contribution >= 4 is 5.91 Å². The summed E-state index contributed by atoms with van der Waals surface area (Å²) in [7, 11) is 0. The minimum absolute atomic E-state index is 0.102. The number of aryl methyl sites for hydroxylation is 2. The molecule has 3 aromatic rings. The van der Waals surface area contributed by atoms with Gasteiger partial charge in [-0.2, -0.15) is 0 Å². The zero-order chi connectivity index (χ0) is 19.2. The van der Waals surface area contributed by atoms with E-state index in [1.54, 1.807) is 12.5 Å². The van der Waals surface area contributed by atoms with Gasteiger partial charge < -0.3 is 14.6 Å². The van der Waals surface area contributed by atoms with Gasteiger partial charge in [-0.15, -0.1) is 0 Å². The van der Waals surface area contributed by atoms with Gasteiger partial charge in [0.1, 0.15) is 5.75 Å². The van der Waals surface area contributed by atoms with Crippen LogP contribution >= 0.6 is 0 Å². The summed E-state index contributed by atoms with van der Waals surface area (Å²) in [6.45, 7) is 6.51. The Kier molecular flexibility index (Phi) is 5.91. The highest BCUT2D eigenvalue weighted by Gasteiger charge is 2.18. The van der Waals surface area contributed by atoms with Crippen molar-refractivity contribution in [2.75, 3.05) is 0 Å². The number of carbonyl (C=O) groups is 1. The van der Waals surface area contributed by atoms with Gasteiger partial charge in [-0.25, -0.2) is 4.98 Å². The molecule has 0 bridgehead atoms. The normalized spacial score (nSPS) is 11.8. The van der Waals surface area contributed by atoms with E-state index >= 15 is 0 Å². The Balaban J connectivity index is 1.57. The van der Waals surface area contributed by atoms with E-state index in [2.05, 4.69) is 17.2 Å². The van der Waals surface area contributed by atoms with Gasteiger partial charge in [0.15, 0.2) is 6.10 Å². The molecule has 0 saturated carbocycles. The quantitative estimate of drug-likeness (QED) is 0.691. The maximum absolute atomic E-state index is 12.5. The lowest BCUT2D eigenvalue weighted by Crippen LogP contribution is -2.37. The zero-order valence-electron chi connectivity index (χ0n) is 16.0. The Morgan fingerprint density at radius 2 is 1.93 bits per heavy atom. The molecule has 0 unspecified atom stereocenters. The van der Waals surface area contributed by atoms with E-state index in [-0.39, 0.29) is 5.91 Å². The number of aromatic nitrogens is 2. The predicted molar refractivity (Wildman–Crippen MR) is 106 cm³/mol. The van der Waals surface area contributed by atoms with Crippen LogP contribution in [0.1, 0.15) is 30.0 Å². The molecule has 0 aliphatic carbocycles. The van der Waals surface area contributed by atoms with Crippen LogP contribution in [0, 0.1) is 13.8 Å². The van der Waals surface area contributed by atoms with E-state index in [0.29, 0.717) is 13.0 Å².